The molecule has 112 valence electrons. The van der Waals surface area contributed by atoms with Gasteiger partial charge in [-0.15, -0.1) is 0 Å². The fourth-order valence-electron chi connectivity index (χ4n) is 1.40. The van der Waals surface area contributed by atoms with E-state index in [9.17, 15) is 19.7 Å². The van der Waals surface area contributed by atoms with Crippen molar-refractivity contribution < 1.29 is 19.2 Å². The molecule has 0 unspecified atom stereocenters. The van der Waals surface area contributed by atoms with Crippen molar-refractivity contribution in [2.45, 2.75) is 6.92 Å². The van der Waals surface area contributed by atoms with Crippen LogP contribution in [0.25, 0.3) is 0 Å². The summed E-state index contributed by atoms with van der Waals surface area (Å²) in [6.45, 7) is 1.69. The number of nitrogens with zero attached hydrogens (tertiary/aromatic N) is 1. The van der Waals surface area contributed by atoms with E-state index < -0.39 is 16.8 Å². The van der Waals surface area contributed by atoms with Gasteiger partial charge in [-0.2, -0.15) is 0 Å². The Hall–Kier alpha value is -2.55. The molecule has 0 fully saturated rings. The predicted molar refractivity (Wildman–Crippen MR) is 77.8 cm³/mol. The molecule has 0 aliphatic heterocycles. The van der Waals surface area contributed by atoms with Crippen LogP contribution in [-0.4, -0.2) is 35.1 Å². The average molecular weight is 311 g/mol. The van der Waals surface area contributed by atoms with E-state index in [2.05, 4.69) is 15.4 Å². The van der Waals surface area contributed by atoms with Crippen LogP contribution in [0.3, 0.4) is 0 Å². The predicted octanol–water partition coefficient (Wildman–Crippen LogP) is 0.762. The molecule has 1 aromatic carbocycles. The molecule has 0 spiro atoms. The van der Waals surface area contributed by atoms with E-state index in [0.717, 1.165) is 0 Å². The van der Waals surface area contributed by atoms with Crippen LogP contribution >= 0.6 is 12.2 Å². The molecule has 0 atom stereocenters. The van der Waals surface area contributed by atoms with Crippen LogP contribution < -0.4 is 10.6 Å². The number of ether oxygens (including phenoxy) is 1. The fraction of sp³-hybridized carbons (Fsp3) is 0.250. The summed E-state index contributed by atoms with van der Waals surface area (Å²) < 4.78 is 4.67. The molecule has 1 rings (SSSR count). The maximum atomic E-state index is 11.9. The molecule has 0 saturated carbocycles. The van der Waals surface area contributed by atoms with Crippen molar-refractivity contribution in [3.05, 3.63) is 39.9 Å². The van der Waals surface area contributed by atoms with E-state index in [1.54, 1.807) is 6.92 Å². The summed E-state index contributed by atoms with van der Waals surface area (Å²) in [5.41, 5.74) is -0.453. The van der Waals surface area contributed by atoms with Crippen LogP contribution in [0.1, 0.15) is 17.3 Å². The van der Waals surface area contributed by atoms with Crippen LogP contribution in [-0.2, 0) is 9.53 Å². The molecule has 0 aliphatic carbocycles. The lowest BCUT2D eigenvalue weighted by atomic mass is 10.1. The average Bonchev–Trinajstić information content (AvgIpc) is 2.45. The molecule has 2 N–H and O–H groups in total. The number of para-hydroxylation sites is 1. The zero-order valence-corrected chi connectivity index (χ0v) is 11.9. The minimum atomic E-state index is -0.733. The number of nitro benzene ring substituents is 1. The molecular formula is C12H13N3O5S. The second-order valence-corrected chi connectivity index (χ2v) is 4.12. The Morgan fingerprint density at radius 1 is 1.38 bits per heavy atom. The highest BCUT2D eigenvalue weighted by molar-refractivity contribution is 7.80. The normalized spacial score (nSPS) is 9.57. The van der Waals surface area contributed by atoms with Gasteiger partial charge >= 0.3 is 5.97 Å². The lowest BCUT2D eigenvalue weighted by Gasteiger charge is -2.09. The van der Waals surface area contributed by atoms with Gasteiger partial charge in [-0.1, -0.05) is 12.1 Å². The number of thiocarbonyl (C=S) groups is 1. The molecule has 0 aliphatic rings. The minimum Gasteiger partial charge on any atom is -0.465 e. The fourth-order valence-corrected chi connectivity index (χ4v) is 1.57. The number of nitro groups is 1. The maximum Gasteiger partial charge on any atom is 0.325 e. The summed E-state index contributed by atoms with van der Waals surface area (Å²) in [4.78, 5) is 33.1. The largest absolute Gasteiger partial charge is 0.465 e. The van der Waals surface area contributed by atoms with E-state index >= 15 is 0 Å². The van der Waals surface area contributed by atoms with Crippen molar-refractivity contribution >= 4 is 34.9 Å². The van der Waals surface area contributed by atoms with Crippen LogP contribution in [0.2, 0.25) is 0 Å². The van der Waals surface area contributed by atoms with E-state index in [1.165, 1.54) is 24.3 Å². The van der Waals surface area contributed by atoms with Gasteiger partial charge in [0.15, 0.2) is 5.11 Å². The zero-order valence-electron chi connectivity index (χ0n) is 11.1. The lowest BCUT2D eigenvalue weighted by molar-refractivity contribution is -0.385. The third kappa shape index (κ3) is 5.15. The van der Waals surface area contributed by atoms with Crippen molar-refractivity contribution in [2.75, 3.05) is 13.2 Å². The van der Waals surface area contributed by atoms with Crippen LogP contribution in [0.15, 0.2) is 24.3 Å². The number of nitrogens with one attached hydrogen (secondary N) is 2. The van der Waals surface area contributed by atoms with Gasteiger partial charge in [0.25, 0.3) is 11.6 Å². The van der Waals surface area contributed by atoms with Crippen molar-refractivity contribution in [3.63, 3.8) is 0 Å². The van der Waals surface area contributed by atoms with Gasteiger partial charge in [0, 0.05) is 6.07 Å². The topological polar surface area (TPSA) is 111 Å². The Balaban J connectivity index is 2.63. The van der Waals surface area contributed by atoms with Crippen LogP contribution in [0.5, 0.6) is 0 Å². The molecule has 0 radical (unpaired) electrons. The lowest BCUT2D eigenvalue weighted by Crippen LogP contribution is -2.41. The van der Waals surface area contributed by atoms with Crippen molar-refractivity contribution in [2.24, 2.45) is 0 Å². The van der Waals surface area contributed by atoms with Gasteiger partial charge in [0.05, 0.1) is 11.5 Å². The molecule has 8 nitrogen and oxygen atoms in total. The number of amides is 1. The number of benzene rings is 1. The first kappa shape index (κ1) is 16.5. The molecule has 0 heterocycles. The maximum absolute atomic E-state index is 11.9. The molecule has 9 heteroatoms. The highest BCUT2D eigenvalue weighted by Crippen LogP contribution is 2.17. The summed E-state index contributed by atoms with van der Waals surface area (Å²) >= 11 is 4.82. The summed E-state index contributed by atoms with van der Waals surface area (Å²) in [7, 11) is 0. The quantitative estimate of drug-likeness (QED) is 0.357. The minimum absolute atomic E-state index is 0.119. The van der Waals surface area contributed by atoms with Crippen molar-refractivity contribution in [1.29, 1.82) is 0 Å². The second-order valence-electron chi connectivity index (χ2n) is 3.72. The monoisotopic (exact) mass is 311 g/mol. The Morgan fingerprint density at radius 3 is 2.67 bits per heavy atom. The molecule has 1 aromatic rings. The first-order chi connectivity index (χ1) is 9.95. The van der Waals surface area contributed by atoms with Gasteiger partial charge < -0.3 is 10.1 Å². The smallest absolute Gasteiger partial charge is 0.325 e. The van der Waals surface area contributed by atoms with E-state index in [0.29, 0.717) is 0 Å². The number of rotatable bonds is 5. The summed E-state index contributed by atoms with van der Waals surface area (Å²) in [6.07, 6.45) is 0. The van der Waals surface area contributed by atoms with Gasteiger partial charge in [-0.3, -0.25) is 25.0 Å². The third-order valence-electron chi connectivity index (χ3n) is 2.27. The van der Waals surface area contributed by atoms with Gasteiger partial charge in [0.1, 0.15) is 12.1 Å². The van der Waals surface area contributed by atoms with Gasteiger partial charge in [0.2, 0.25) is 0 Å². The zero-order chi connectivity index (χ0) is 15.8. The Morgan fingerprint density at radius 2 is 2.05 bits per heavy atom. The van der Waals surface area contributed by atoms with Gasteiger partial charge in [-0.05, 0) is 25.2 Å². The molecule has 0 bridgehead atoms. The SMILES string of the molecule is CCOC(=O)CNC(=S)NC(=O)c1ccccc1[N+](=O)[O-]. The Bertz CT molecular complexity index is 576. The summed E-state index contributed by atoms with van der Waals surface area (Å²) in [6, 6.07) is 5.47. The molecular weight excluding hydrogens is 298 g/mol. The van der Waals surface area contributed by atoms with Crippen molar-refractivity contribution in [3.8, 4) is 0 Å². The molecule has 0 saturated heterocycles. The number of hydrogen-bond donors (Lipinski definition) is 2. The number of esters is 1. The first-order valence-electron chi connectivity index (χ1n) is 5.94. The Labute approximate surface area is 125 Å². The molecule has 21 heavy (non-hydrogen) atoms. The standard InChI is InChI=1S/C12H13N3O5S/c1-2-20-10(16)7-13-12(21)14-11(17)8-5-3-4-6-9(8)15(18)19/h3-6H,2,7H2,1H3,(H2,13,14,17,21). The second kappa shape index (κ2) is 7.90. The first-order valence-corrected chi connectivity index (χ1v) is 6.34. The number of carbonyl (C=O) groups excluding carboxylic acids is 2. The molecule has 1 amide bonds. The summed E-state index contributed by atoms with van der Waals surface area (Å²) in [5, 5.41) is 15.4. The third-order valence-corrected chi connectivity index (χ3v) is 2.52. The van der Waals surface area contributed by atoms with Crippen LogP contribution in [0.4, 0.5) is 5.69 Å². The molecule has 0 aromatic heterocycles. The number of carbonyl (C=O) groups is 2. The highest BCUT2D eigenvalue weighted by atomic mass is 32.1. The summed E-state index contributed by atoms with van der Waals surface area (Å²) in [5.74, 6) is -1.26. The Kier molecular flexibility index (Phi) is 6.21. The van der Waals surface area contributed by atoms with Crippen molar-refractivity contribution in [1.82, 2.24) is 10.6 Å². The van der Waals surface area contributed by atoms with E-state index in [-0.39, 0.29) is 29.5 Å². The van der Waals surface area contributed by atoms with E-state index in [4.69, 9.17) is 12.2 Å². The highest BCUT2D eigenvalue weighted by Gasteiger charge is 2.19. The number of hydrogen-bond acceptors (Lipinski definition) is 6. The van der Waals surface area contributed by atoms with Gasteiger partial charge in [-0.25, -0.2) is 0 Å². The van der Waals surface area contributed by atoms with E-state index in [1.807, 2.05) is 0 Å². The van der Waals surface area contributed by atoms with Crippen LogP contribution in [0, 0.1) is 10.1 Å².